The first-order valence-corrected chi connectivity index (χ1v) is 21.1. The van der Waals surface area contributed by atoms with Gasteiger partial charge in [-0.05, 0) is 60.2 Å². The molecular formula is C52H31N5O6S. The number of phenolic OH excluding ortho intramolecular Hbond substituents is 5. The van der Waals surface area contributed by atoms with Crippen molar-refractivity contribution in [2.75, 3.05) is 0 Å². The molecule has 0 bridgehead atoms. The van der Waals surface area contributed by atoms with E-state index < -0.39 is 28.7 Å². The van der Waals surface area contributed by atoms with Crippen LogP contribution in [-0.4, -0.2) is 50.0 Å². The predicted molar refractivity (Wildman–Crippen MR) is 250 cm³/mol. The van der Waals surface area contributed by atoms with E-state index in [0.717, 1.165) is 75.7 Å². The number of hydrogen-bond acceptors (Lipinski definition) is 11. The standard InChI is InChI=1S/C52H31N5O6S/c58-43-42(44(59)46(61)47(62)45(43)60)29-20-23-38-35(24-29)32-14-7-8-16-37(32)57(38)39-17-9-15-34-33-21-18-30(25-40(33)63-48(34)39)50-54-49(27-10-3-1-4-11-27)55-51(56-50)31-19-22-36-41(26-31)64-52(53-36)28-12-5-2-6-13-28/h1-26,58-62H. The van der Waals surface area contributed by atoms with Crippen molar-refractivity contribution in [2.24, 2.45) is 0 Å². The molecule has 0 aliphatic carbocycles. The van der Waals surface area contributed by atoms with Gasteiger partial charge in [0.1, 0.15) is 10.6 Å². The van der Waals surface area contributed by atoms with Crippen LogP contribution in [-0.2, 0) is 0 Å². The Hall–Kier alpha value is -8.74. The maximum atomic E-state index is 10.8. The lowest BCUT2D eigenvalue weighted by Crippen LogP contribution is -2.00. The van der Waals surface area contributed by atoms with E-state index in [4.69, 9.17) is 24.4 Å². The van der Waals surface area contributed by atoms with Crippen molar-refractivity contribution in [1.29, 1.82) is 0 Å². The largest absolute Gasteiger partial charge is 0.504 e. The molecule has 0 amide bonds. The third kappa shape index (κ3) is 5.73. The number of nitrogens with zero attached hydrogens (tertiary/aromatic N) is 5. The van der Waals surface area contributed by atoms with Crippen molar-refractivity contribution >= 4 is 65.3 Å². The van der Waals surface area contributed by atoms with Gasteiger partial charge in [-0.3, -0.25) is 0 Å². The Bertz CT molecular complexity index is 3830. The summed E-state index contributed by atoms with van der Waals surface area (Å²) < 4.78 is 9.93. The molecule has 0 aliphatic heterocycles. The molecule has 0 spiro atoms. The lowest BCUT2D eigenvalue weighted by atomic mass is 9.99. The Morgan fingerprint density at radius 3 is 1.77 bits per heavy atom. The number of fused-ring (bicyclic) bond motifs is 7. The Balaban J connectivity index is 0.993. The number of thiazole rings is 1. The lowest BCUT2D eigenvalue weighted by molar-refractivity contribution is 0.330. The van der Waals surface area contributed by atoms with Gasteiger partial charge in [-0.2, -0.15) is 0 Å². The summed E-state index contributed by atoms with van der Waals surface area (Å²) in [6.45, 7) is 0. The van der Waals surface area contributed by atoms with Crippen LogP contribution in [0.1, 0.15) is 0 Å². The molecule has 0 radical (unpaired) electrons. The monoisotopic (exact) mass is 853 g/mol. The van der Waals surface area contributed by atoms with Crippen LogP contribution in [0.5, 0.6) is 28.7 Å². The lowest BCUT2D eigenvalue weighted by Gasteiger charge is -2.13. The average molecular weight is 854 g/mol. The maximum absolute atomic E-state index is 10.8. The van der Waals surface area contributed by atoms with Crippen molar-refractivity contribution in [3.05, 3.63) is 158 Å². The number of rotatable bonds is 6. The van der Waals surface area contributed by atoms with Crippen molar-refractivity contribution in [3.63, 3.8) is 0 Å². The van der Waals surface area contributed by atoms with E-state index in [2.05, 4.69) is 22.8 Å². The minimum Gasteiger partial charge on any atom is -0.504 e. The fourth-order valence-electron chi connectivity index (χ4n) is 8.56. The predicted octanol–water partition coefficient (Wildman–Crippen LogP) is 12.3. The Labute approximate surface area is 366 Å². The molecule has 0 fully saturated rings. The quantitative estimate of drug-likeness (QED) is 0.0801. The fraction of sp³-hybridized carbons (Fsp3) is 0. The van der Waals surface area contributed by atoms with Gasteiger partial charge in [0.2, 0.25) is 17.2 Å². The summed E-state index contributed by atoms with van der Waals surface area (Å²) >= 11 is 1.63. The third-order valence-electron chi connectivity index (χ3n) is 11.6. The molecule has 11 nitrogen and oxygen atoms in total. The molecule has 0 unspecified atom stereocenters. The summed E-state index contributed by atoms with van der Waals surface area (Å²) in [6, 6.07) is 51.2. The molecule has 8 aromatic carbocycles. The SMILES string of the molecule is Oc1c(O)c(O)c(-c2ccc3c(c2)c2ccccc2n3-c2cccc3c2oc2cc(-c4nc(-c5ccccc5)nc(-c5ccc6nc(-c7ccccc7)sc6c5)n4)ccc23)c(O)c1O. The van der Waals surface area contributed by atoms with Crippen molar-refractivity contribution in [2.45, 2.75) is 0 Å². The highest BCUT2D eigenvalue weighted by Crippen LogP contribution is 2.55. The first-order chi connectivity index (χ1) is 31.3. The van der Waals surface area contributed by atoms with Crippen LogP contribution < -0.4 is 0 Å². The molecule has 0 aliphatic rings. The van der Waals surface area contributed by atoms with Crippen molar-refractivity contribution in [1.82, 2.24) is 24.5 Å². The van der Waals surface area contributed by atoms with Crippen molar-refractivity contribution < 1.29 is 29.9 Å². The van der Waals surface area contributed by atoms with Crippen LogP contribution in [0.2, 0.25) is 0 Å². The van der Waals surface area contributed by atoms with Gasteiger partial charge < -0.3 is 34.5 Å². The van der Waals surface area contributed by atoms with Crippen LogP contribution in [0.15, 0.2) is 162 Å². The smallest absolute Gasteiger partial charge is 0.208 e. The summed E-state index contributed by atoms with van der Waals surface area (Å²) in [4.78, 5) is 19.9. The Morgan fingerprint density at radius 1 is 0.422 bits per heavy atom. The first kappa shape index (κ1) is 37.1. The minimum absolute atomic E-state index is 0.221. The number of aromatic hydroxyl groups is 5. The van der Waals surface area contributed by atoms with Gasteiger partial charge >= 0.3 is 0 Å². The molecular weight excluding hydrogens is 823 g/mol. The topological polar surface area (TPSA) is 171 Å². The molecule has 0 saturated heterocycles. The number of phenols is 5. The van der Waals surface area contributed by atoms with Gasteiger partial charge in [0.15, 0.2) is 34.6 Å². The summed E-state index contributed by atoms with van der Waals surface area (Å²) in [6.07, 6.45) is 0. The maximum Gasteiger partial charge on any atom is 0.208 e. The highest BCUT2D eigenvalue weighted by Gasteiger charge is 2.26. The molecule has 64 heavy (non-hydrogen) atoms. The molecule has 12 aromatic rings. The van der Waals surface area contributed by atoms with Gasteiger partial charge in [-0.15, -0.1) is 11.3 Å². The van der Waals surface area contributed by atoms with E-state index in [1.807, 2.05) is 127 Å². The van der Waals surface area contributed by atoms with E-state index in [9.17, 15) is 25.5 Å². The third-order valence-corrected chi connectivity index (χ3v) is 12.7. The van der Waals surface area contributed by atoms with E-state index in [1.165, 1.54) is 0 Å². The summed E-state index contributed by atoms with van der Waals surface area (Å²) in [5, 5.41) is 56.6. The van der Waals surface area contributed by atoms with E-state index in [-0.39, 0.29) is 5.56 Å². The Kier molecular flexibility index (Phi) is 8.20. The van der Waals surface area contributed by atoms with Gasteiger partial charge in [0, 0.05) is 43.8 Å². The molecule has 0 atom stereocenters. The van der Waals surface area contributed by atoms with E-state index >= 15 is 0 Å². The van der Waals surface area contributed by atoms with Crippen LogP contribution in [0.3, 0.4) is 0 Å². The molecule has 12 rings (SSSR count). The summed E-state index contributed by atoms with van der Waals surface area (Å²) in [5.74, 6) is -2.85. The Morgan fingerprint density at radius 2 is 1.02 bits per heavy atom. The molecule has 5 N–H and O–H groups in total. The first-order valence-electron chi connectivity index (χ1n) is 20.3. The zero-order valence-corrected chi connectivity index (χ0v) is 34.1. The second-order valence-corrected chi connectivity index (χ2v) is 16.4. The van der Waals surface area contributed by atoms with Crippen molar-refractivity contribution in [3.8, 4) is 90.3 Å². The number of aromatic nitrogens is 5. The molecule has 0 saturated carbocycles. The normalized spacial score (nSPS) is 11.8. The van der Waals surface area contributed by atoms with Crippen LogP contribution in [0.4, 0.5) is 0 Å². The van der Waals surface area contributed by atoms with Gasteiger partial charge in [0.05, 0.1) is 32.5 Å². The molecule has 12 heteroatoms. The zero-order chi connectivity index (χ0) is 43.2. The second kappa shape index (κ2) is 14.2. The molecule has 4 heterocycles. The highest BCUT2D eigenvalue weighted by molar-refractivity contribution is 7.21. The molecule has 4 aromatic heterocycles. The van der Waals surface area contributed by atoms with Gasteiger partial charge in [-0.25, -0.2) is 19.9 Å². The van der Waals surface area contributed by atoms with Crippen LogP contribution in [0, 0.1) is 0 Å². The minimum atomic E-state index is -1.01. The molecule has 306 valence electrons. The van der Waals surface area contributed by atoms with Crippen LogP contribution in [0.25, 0.3) is 116 Å². The van der Waals surface area contributed by atoms with Gasteiger partial charge in [0.25, 0.3) is 0 Å². The highest BCUT2D eigenvalue weighted by atomic mass is 32.1. The van der Waals surface area contributed by atoms with E-state index in [1.54, 1.807) is 23.5 Å². The summed E-state index contributed by atoms with van der Waals surface area (Å²) in [7, 11) is 0. The van der Waals surface area contributed by atoms with Crippen LogP contribution >= 0.6 is 11.3 Å². The average Bonchev–Trinajstić information content (AvgIpc) is 4.05. The van der Waals surface area contributed by atoms with Gasteiger partial charge in [-0.1, -0.05) is 103 Å². The second-order valence-electron chi connectivity index (χ2n) is 15.4. The fourth-order valence-corrected chi connectivity index (χ4v) is 9.57. The number of benzene rings is 8. The van der Waals surface area contributed by atoms with E-state index in [0.29, 0.717) is 34.2 Å². The number of para-hydroxylation sites is 2. The zero-order valence-electron chi connectivity index (χ0n) is 33.3. The summed E-state index contributed by atoms with van der Waals surface area (Å²) in [5.41, 5.74) is 8.25. The number of hydrogen-bond donors (Lipinski definition) is 5. The number of furan rings is 1.